The minimum absolute atomic E-state index is 0.133. The van der Waals surface area contributed by atoms with Crippen molar-refractivity contribution in [3.63, 3.8) is 0 Å². The Balaban J connectivity index is 0.938. The standard InChI is InChI=1S/C36H53F6NO10/c1-19-7-9-25-21(3)33(35(37,38)39,48-27-31(25)23(19)11-13-29(5,46-27)50-52-31)44-17-15-43-16-18-45-34(36(40,41)42)22(4)26-10-8-20(2)24-12-14-30(6)47-28(49-34)32(24,26)53-51-30/h19-28,43H,7-18H2,1-6H3/t19-,20-,21-,22-,23+,24+,25+,26+,27+,28+,29-,30+,31-,32-,33-,34-/m1/s1. The number of nitrogens with one attached hydrogen (secondary N) is 1. The van der Waals surface area contributed by atoms with Crippen molar-refractivity contribution in [3.8, 4) is 0 Å². The van der Waals surface area contributed by atoms with E-state index in [0.29, 0.717) is 51.4 Å². The van der Waals surface area contributed by atoms with Crippen LogP contribution in [0.3, 0.4) is 0 Å². The van der Waals surface area contributed by atoms with Crippen LogP contribution in [0.5, 0.6) is 0 Å². The van der Waals surface area contributed by atoms with Gasteiger partial charge in [-0.3, -0.25) is 0 Å². The minimum atomic E-state index is -4.95. The molecule has 0 amide bonds. The molecule has 53 heavy (non-hydrogen) atoms. The van der Waals surface area contributed by atoms with Crippen molar-refractivity contribution in [2.24, 2.45) is 47.3 Å². The Morgan fingerprint density at radius 1 is 0.547 bits per heavy atom. The molecule has 8 saturated heterocycles. The van der Waals surface area contributed by atoms with E-state index in [0.717, 1.165) is 0 Å². The molecular formula is C36H53F6NO10. The van der Waals surface area contributed by atoms with Gasteiger partial charge in [0, 0.05) is 49.6 Å². The quantitative estimate of drug-likeness (QED) is 0.159. The molecule has 0 unspecified atom stereocenters. The minimum Gasteiger partial charge on any atom is -0.341 e. The van der Waals surface area contributed by atoms with Crippen LogP contribution >= 0.6 is 0 Å². The first-order valence-corrected chi connectivity index (χ1v) is 19.3. The second kappa shape index (κ2) is 12.8. The fourth-order valence-electron chi connectivity index (χ4n) is 11.7. The topological polar surface area (TPSA) is 104 Å². The van der Waals surface area contributed by atoms with E-state index in [2.05, 4.69) is 19.2 Å². The van der Waals surface area contributed by atoms with Gasteiger partial charge in [-0.05, 0) is 76.0 Å². The maximum absolute atomic E-state index is 15.1. The molecule has 0 aromatic heterocycles. The molecule has 10 rings (SSSR count). The summed E-state index contributed by atoms with van der Waals surface area (Å²) in [6, 6.07) is 0. The van der Waals surface area contributed by atoms with Crippen molar-refractivity contribution >= 4 is 0 Å². The van der Waals surface area contributed by atoms with Gasteiger partial charge in [0.25, 0.3) is 11.6 Å². The van der Waals surface area contributed by atoms with Crippen LogP contribution in [0, 0.1) is 47.3 Å². The molecular weight excluding hydrogens is 720 g/mol. The molecule has 8 heterocycles. The zero-order valence-electron chi connectivity index (χ0n) is 31.1. The monoisotopic (exact) mass is 773 g/mol. The molecule has 0 aromatic rings. The summed E-state index contributed by atoms with van der Waals surface area (Å²) in [5.74, 6) is -12.2. The molecule has 17 heteroatoms. The number of halogens is 6. The summed E-state index contributed by atoms with van der Waals surface area (Å²) >= 11 is 0. The van der Waals surface area contributed by atoms with Crippen molar-refractivity contribution < 1.29 is 74.3 Å². The van der Waals surface area contributed by atoms with Gasteiger partial charge in [0.2, 0.25) is 11.6 Å². The Bertz CT molecular complexity index is 1290. The van der Waals surface area contributed by atoms with Crippen molar-refractivity contribution in [2.45, 2.75) is 152 Å². The average Bonchev–Trinajstić information content (AvgIpc) is 3.45. The lowest BCUT2D eigenvalue weighted by Crippen LogP contribution is -2.76. The summed E-state index contributed by atoms with van der Waals surface area (Å²) in [6.45, 7) is 9.12. The molecule has 2 spiro atoms. The predicted octanol–water partition coefficient (Wildman–Crippen LogP) is 6.89. The van der Waals surface area contributed by atoms with Gasteiger partial charge < -0.3 is 33.7 Å². The van der Waals surface area contributed by atoms with Crippen LogP contribution in [-0.2, 0) is 48.0 Å². The lowest BCUT2D eigenvalue weighted by Gasteiger charge is -2.63. The fourth-order valence-corrected chi connectivity index (χ4v) is 11.7. The Kier molecular flexibility index (Phi) is 9.43. The maximum Gasteiger partial charge on any atom is 0.443 e. The molecule has 10 aliphatic rings. The van der Waals surface area contributed by atoms with E-state index in [1.165, 1.54) is 13.8 Å². The Morgan fingerprint density at radius 2 is 0.943 bits per heavy atom. The summed E-state index contributed by atoms with van der Waals surface area (Å²) < 4.78 is 126. The van der Waals surface area contributed by atoms with E-state index in [4.69, 9.17) is 48.0 Å². The van der Waals surface area contributed by atoms with E-state index >= 15 is 26.3 Å². The molecule has 304 valence electrons. The van der Waals surface area contributed by atoms with Gasteiger partial charge in [0.15, 0.2) is 23.8 Å². The first kappa shape index (κ1) is 39.0. The van der Waals surface area contributed by atoms with Gasteiger partial charge in [-0.1, -0.05) is 27.7 Å². The number of hydrogen-bond acceptors (Lipinski definition) is 11. The van der Waals surface area contributed by atoms with Crippen LogP contribution in [0.1, 0.15) is 92.9 Å². The van der Waals surface area contributed by atoms with Crippen LogP contribution in [-0.4, -0.2) is 85.6 Å². The smallest absolute Gasteiger partial charge is 0.341 e. The number of hydrogen-bond donors (Lipinski definition) is 1. The molecule has 4 bridgehead atoms. The van der Waals surface area contributed by atoms with Gasteiger partial charge in [-0.15, -0.1) is 0 Å². The van der Waals surface area contributed by atoms with Crippen LogP contribution in [0.15, 0.2) is 0 Å². The van der Waals surface area contributed by atoms with Crippen molar-refractivity contribution in [3.05, 3.63) is 0 Å². The molecule has 8 aliphatic heterocycles. The number of fused-ring (bicyclic) bond motifs is 4. The number of ether oxygens (including phenoxy) is 6. The van der Waals surface area contributed by atoms with Gasteiger partial charge in [0.05, 0.1) is 13.2 Å². The van der Waals surface area contributed by atoms with Crippen LogP contribution in [0.4, 0.5) is 26.3 Å². The maximum atomic E-state index is 15.1. The third-order valence-electron chi connectivity index (χ3n) is 14.5. The number of rotatable bonds is 8. The molecule has 16 atom stereocenters. The van der Waals surface area contributed by atoms with E-state index in [1.54, 1.807) is 13.8 Å². The highest BCUT2D eigenvalue weighted by atomic mass is 19.4. The lowest BCUT2D eigenvalue weighted by molar-refractivity contribution is -0.598. The predicted molar refractivity (Wildman–Crippen MR) is 168 cm³/mol. The highest BCUT2D eigenvalue weighted by Crippen LogP contribution is 2.66. The zero-order chi connectivity index (χ0) is 38.0. The van der Waals surface area contributed by atoms with Crippen LogP contribution < -0.4 is 5.32 Å². The largest absolute Gasteiger partial charge is 0.443 e. The van der Waals surface area contributed by atoms with Crippen LogP contribution in [0.2, 0.25) is 0 Å². The third-order valence-corrected chi connectivity index (χ3v) is 14.5. The summed E-state index contributed by atoms with van der Waals surface area (Å²) in [4.78, 5) is 23.4. The van der Waals surface area contributed by atoms with Gasteiger partial charge in [-0.25, -0.2) is 19.6 Å². The summed E-state index contributed by atoms with van der Waals surface area (Å²) in [5.41, 5.74) is -2.44. The first-order valence-electron chi connectivity index (χ1n) is 19.3. The molecule has 1 N–H and O–H groups in total. The van der Waals surface area contributed by atoms with Gasteiger partial charge in [0.1, 0.15) is 0 Å². The highest BCUT2D eigenvalue weighted by Gasteiger charge is 2.79. The second-order valence-electron chi connectivity index (χ2n) is 17.4. The molecule has 2 saturated carbocycles. The Hall–Kier alpha value is -0.860. The first-order chi connectivity index (χ1) is 24.8. The summed E-state index contributed by atoms with van der Waals surface area (Å²) in [6.07, 6.45) is -8.18. The molecule has 11 nitrogen and oxygen atoms in total. The molecule has 10 fully saturated rings. The number of alkyl halides is 6. The van der Waals surface area contributed by atoms with Crippen molar-refractivity contribution in [2.75, 3.05) is 26.3 Å². The summed E-state index contributed by atoms with van der Waals surface area (Å²) in [7, 11) is 0. The van der Waals surface area contributed by atoms with Gasteiger partial charge in [-0.2, -0.15) is 26.3 Å². The van der Waals surface area contributed by atoms with Crippen molar-refractivity contribution in [1.82, 2.24) is 5.32 Å². The van der Waals surface area contributed by atoms with E-state index in [-0.39, 0.29) is 36.8 Å². The van der Waals surface area contributed by atoms with E-state index in [1.807, 2.05) is 0 Å². The molecule has 2 aliphatic carbocycles. The SMILES string of the molecule is C[C@@H]1CC[C@H]2[C@@H](C)[C@](OCCNCCO[C@@]3(C(F)(F)F)O[C@@H]4O[C@]5(C)CC[C@H]6[C@H](C)CC[C@@H]([C@H]3C)[C@@]46OO5)(C(F)(F)F)O[C@@H]3O[C@@]4(C)CC[C@@H]1[C@]32OO4. The fraction of sp³-hybridized carbons (Fsp3) is 1.00. The third kappa shape index (κ3) is 5.55. The second-order valence-corrected chi connectivity index (χ2v) is 17.4. The van der Waals surface area contributed by atoms with E-state index < -0.39 is 96.2 Å². The van der Waals surface area contributed by atoms with Crippen molar-refractivity contribution in [1.29, 1.82) is 0 Å². The Morgan fingerprint density at radius 3 is 1.32 bits per heavy atom. The average molecular weight is 774 g/mol. The zero-order valence-corrected chi connectivity index (χ0v) is 31.1. The lowest BCUT2D eigenvalue weighted by atomic mass is 9.57. The normalized spacial score (nSPS) is 53.4. The molecule has 0 aromatic carbocycles. The van der Waals surface area contributed by atoms with Crippen LogP contribution in [0.25, 0.3) is 0 Å². The Labute approximate surface area is 305 Å². The highest BCUT2D eigenvalue weighted by molar-refractivity contribution is 5.14. The van der Waals surface area contributed by atoms with Gasteiger partial charge >= 0.3 is 12.4 Å². The molecule has 0 radical (unpaired) electrons. The van der Waals surface area contributed by atoms with E-state index in [9.17, 15) is 0 Å². The summed E-state index contributed by atoms with van der Waals surface area (Å²) in [5, 5.41) is 2.88.